The largest absolute Gasteiger partial charge is 0.495 e. The van der Waals surface area contributed by atoms with Crippen molar-refractivity contribution in [2.75, 3.05) is 19.5 Å². The van der Waals surface area contributed by atoms with Crippen LogP contribution in [0.1, 0.15) is 10.4 Å². The molecule has 0 aliphatic heterocycles. The summed E-state index contributed by atoms with van der Waals surface area (Å²) in [4.78, 5) is 21.4. The van der Waals surface area contributed by atoms with Crippen molar-refractivity contribution < 1.29 is 19.0 Å². The minimum Gasteiger partial charge on any atom is -0.495 e. The van der Waals surface area contributed by atoms with Crippen molar-refractivity contribution in [2.45, 2.75) is 0 Å². The topological polar surface area (TPSA) is 82.6 Å². The number of rotatable bonds is 7. The van der Waals surface area contributed by atoms with Crippen LogP contribution in [0, 0.1) is 0 Å². The molecule has 1 aromatic heterocycles. The minimum atomic E-state index is -0.241. The molecule has 4 aromatic rings. The summed E-state index contributed by atoms with van der Waals surface area (Å²) in [7, 11) is 3.14. The number of hydrogen-bond donors (Lipinski definition) is 1. The Morgan fingerprint density at radius 1 is 0.781 bits per heavy atom. The predicted molar refractivity (Wildman–Crippen MR) is 121 cm³/mol. The molecule has 4 rings (SSSR count). The highest BCUT2D eigenvalue weighted by Gasteiger charge is 2.11. The lowest BCUT2D eigenvalue weighted by Gasteiger charge is -2.11. The number of nitrogens with zero attached hydrogens (tertiary/aromatic N) is 2. The van der Waals surface area contributed by atoms with Crippen LogP contribution in [0.2, 0.25) is 0 Å². The molecule has 1 N–H and O–H groups in total. The number of anilines is 1. The van der Waals surface area contributed by atoms with Crippen molar-refractivity contribution in [3.05, 3.63) is 90.6 Å². The van der Waals surface area contributed by atoms with Gasteiger partial charge >= 0.3 is 0 Å². The number of aromatic nitrogens is 2. The number of benzene rings is 3. The molecule has 7 nitrogen and oxygen atoms in total. The standard InChI is InChI=1S/C25H21N3O4/c1-30-20-8-4-3-7-19(20)27-25(29)18-13-11-17(12-14-18)24-26-16-15-23(28-24)32-22-10-6-5-9-21(22)31-2/h3-16H,1-2H3,(H,27,29). The van der Waals surface area contributed by atoms with E-state index in [2.05, 4.69) is 15.3 Å². The number of para-hydroxylation sites is 4. The second kappa shape index (κ2) is 9.61. The zero-order valence-electron chi connectivity index (χ0n) is 17.6. The van der Waals surface area contributed by atoms with E-state index in [0.717, 1.165) is 5.56 Å². The maximum absolute atomic E-state index is 12.6. The van der Waals surface area contributed by atoms with Crippen LogP contribution in [0.4, 0.5) is 5.69 Å². The van der Waals surface area contributed by atoms with Crippen molar-refractivity contribution in [2.24, 2.45) is 0 Å². The van der Waals surface area contributed by atoms with Gasteiger partial charge in [-0.1, -0.05) is 36.4 Å². The van der Waals surface area contributed by atoms with Crippen molar-refractivity contribution >= 4 is 11.6 Å². The molecular weight excluding hydrogens is 406 g/mol. The van der Waals surface area contributed by atoms with Crippen LogP contribution >= 0.6 is 0 Å². The number of amides is 1. The summed E-state index contributed by atoms with van der Waals surface area (Å²) < 4.78 is 16.4. The molecule has 0 atom stereocenters. The molecule has 0 unspecified atom stereocenters. The third kappa shape index (κ3) is 4.67. The Morgan fingerprint density at radius 2 is 1.44 bits per heavy atom. The molecule has 0 bridgehead atoms. The Kier molecular flexibility index (Phi) is 6.27. The molecule has 0 saturated carbocycles. The molecule has 0 aliphatic rings. The highest BCUT2D eigenvalue weighted by atomic mass is 16.5. The van der Waals surface area contributed by atoms with E-state index >= 15 is 0 Å². The van der Waals surface area contributed by atoms with E-state index in [0.29, 0.717) is 40.2 Å². The van der Waals surface area contributed by atoms with Gasteiger partial charge in [-0.25, -0.2) is 4.98 Å². The summed E-state index contributed by atoms with van der Waals surface area (Å²) in [5, 5.41) is 2.86. The average Bonchev–Trinajstić information content (AvgIpc) is 2.85. The Labute approximate surface area is 185 Å². The summed E-state index contributed by atoms with van der Waals surface area (Å²) >= 11 is 0. The molecule has 0 saturated heterocycles. The minimum absolute atomic E-state index is 0.241. The molecule has 1 amide bonds. The lowest BCUT2D eigenvalue weighted by Crippen LogP contribution is -2.12. The fourth-order valence-electron chi connectivity index (χ4n) is 3.07. The van der Waals surface area contributed by atoms with Crippen molar-refractivity contribution in [1.29, 1.82) is 0 Å². The lowest BCUT2D eigenvalue weighted by molar-refractivity contribution is 0.102. The highest BCUT2D eigenvalue weighted by molar-refractivity contribution is 6.05. The summed E-state index contributed by atoms with van der Waals surface area (Å²) in [6.45, 7) is 0. The zero-order valence-corrected chi connectivity index (χ0v) is 17.6. The molecular formula is C25H21N3O4. The molecule has 32 heavy (non-hydrogen) atoms. The number of methoxy groups -OCH3 is 2. The van der Waals surface area contributed by atoms with E-state index in [9.17, 15) is 4.79 Å². The van der Waals surface area contributed by atoms with Crippen molar-refractivity contribution in [1.82, 2.24) is 9.97 Å². The van der Waals surface area contributed by atoms with Crippen LogP contribution in [0.3, 0.4) is 0 Å². The maximum atomic E-state index is 12.6. The van der Waals surface area contributed by atoms with Gasteiger partial charge < -0.3 is 19.5 Å². The lowest BCUT2D eigenvalue weighted by atomic mass is 10.1. The van der Waals surface area contributed by atoms with Gasteiger partial charge in [0.15, 0.2) is 17.3 Å². The third-order valence-electron chi connectivity index (χ3n) is 4.67. The third-order valence-corrected chi connectivity index (χ3v) is 4.67. The Morgan fingerprint density at radius 3 is 2.16 bits per heavy atom. The molecule has 0 spiro atoms. The van der Waals surface area contributed by atoms with Gasteiger partial charge in [-0.05, 0) is 36.4 Å². The van der Waals surface area contributed by atoms with E-state index < -0.39 is 0 Å². The first kappa shape index (κ1) is 20.9. The van der Waals surface area contributed by atoms with E-state index in [1.165, 1.54) is 0 Å². The second-order valence-electron chi connectivity index (χ2n) is 6.70. The molecule has 0 radical (unpaired) electrons. The first-order valence-corrected chi connectivity index (χ1v) is 9.86. The summed E-state index contributed by atoms with van der Waals surface area (Å²) in [5.41, 5.74) is 1.86. The molecule has 160 valence electrons. The first-order chi connectivity index (χ1) is 15.7. The normalized spacial score (nSPS) is 10.3. The quantitative estimate of drug-likeness (QED) is 0.436. The zero-order chi connectivity index (χ0) is 22.3. The fourth-order valence-corrected chi connectivity index (χ4v) is 3.07. The summed E-state index contributed by atoms with van der Waals surface area (Å²) in [6.07, 6.45) is 1.62. The van der Waals surface area contributed by atoms with Crippen LogP contribution in [0.5, 0.6) is 23.1 Å². The number of carbonyl (C=O) groups is 1. The fraction of sp³-hybridized carbons (Fsp3) is 0.0800. The Bertz CT molecular complexity index is 1230. The van der Waals surface area contributed by atoms with Crippen LogP contribution in [-0.4, -0.2) is 30.1 Å². The van der Waals surface area contributed by atoms with E-state index in [1.54, 1.807) is 68.9 Å². The van der Waals surface area contributed by atoms with Gasteiger partial charge in [-0.3, -0.25) is 4.79 Å². The Hall–Kier alpha value is -4.39. The Balaban J connectivity index is 1.50. The van der Waals surface area contributed by atoms with Gasteiger partial charge in [0, 0.05) is 23.4 Å². The monoisotopic (exact) mass is 427 g/mol. The van der Waals surface area contributed by atoms with Crippen LogP contribution in [-0.2, 0) is 0 Å². The van der Waals surface area contributed by atoms with Gasteiger partial charge in [0.2, 0.25) is 5.88 Å². The van der Waals surface area contributed by atoms with Crippen LogP contribution in [0.15, 0.2) is 85.1 Å². The number of nitrogens with one attached hydrogen (secondary N) is 1. The molecule has 0 aliphatic carbocycles. The molecule has 3 aromatic carbocycles. The predicted octanol–water partition coefficient (Wildman–Crippen LogP) is 5.21. The van der Waals surface area contributed by atoms with Crippen LogP contribution < -0.4 is 19.5 Å². The number of ether oxygens (including phenoxy) is 3. The van der Waals surface area contributed by atoms with E-state index in [1.807, 2.05) is 30.3 Å². The molecule has 1 heterocycles. The molecule has 0 fully saturated rings. The van der Waals surface area contributed by atoms with Gasteiger partial charge in [-0.2, -0.15) is 4.98 Å². The molecule has 7 heteroatoms. The maximum Gasteiger partial charge on any atom is 0.255 e. The number of hydrogen-bond acceptors (Lipinski definition) is 6. The van der Waals surface area contributed by atoms with Crippen molar-refractivity contribution in [3.63, 3.8) is 0 Å². The SMILES string of the molecule is COc1ccccc1NC(=O)c1ccc(-c2nccc(Oc3ccccc3OC)n2)cc1. The van der Waals surface area contributed by atoms with Gasteiger partial charge in [0.1, 0.15) is 5.75 Å². The smallest absolute Gasteiger partial charge is 0.255 e. The first-order valence-electron chi connectivity index (χ1n) is 9.86. The average molecular weight is 427 g/mol. The van der Waals surface area contributed by atoms with E-state index in [4.69, 9.17) is 14.2 Å². The van der Waals surface area contributed by atoms with Crippen LogP contribution in [0.25, 0.3) is 11.4 Å². The highest BCUT2D eigenvalue weighted by Crippen LogP contribution is 2.30. The van der Waals surface area contributed by atoms with Gasteiger partial charge in [-0.15, -0.1) is 0 Å². The number of carbonyl (C=O) groups excluding carboxylic acids is 1. The summed E-state index contributed by atoms with van der Waals surface area (Å²) in [6, 6.07) is 23.3. The summed E-state index contributed by atoms with van der Waals surface area (Å²) in [5.74, 6) is 2.39. The van der Waals surface area contributed by atoms with Gasteiger partial charge in [0.25, 0.3) is 5.91 Å². The van der Waals surface area contributed by atoms with E-state index in [-0.39, 0.29) is 5.91 Å². The van der Waals surface area contributed by atoms with Gasteiger partial charge in [0.05, 0.1) is 19.9 Å². The second-order valence-corrected chi connectivity index (χ2v) is 6.70. The van der Waals surface area contributed by atoms with Crippen molar-refractivity contribution in [3.8, 4) is 34.5 Å².